The van der Waals surface area contributed by atoms with E-state index in [2.05, 4.69) is 36.1 Å². The van der Waals surface area contributed by atoms with Gasteiger partial charge in [-0.25, -0.2) is 4.98 Å². The van der Waals surface area contributed by atoms with E-state index in [9.17, 15) is 0 Å². The first kappa shape index (κ1) is 16.1. The van der Waals surface area contributed by atoms with Gasteiger partial charge in [0.25, 0.3) is 0 Å². The third kappa shape index (κ3) is 4.35. The molecule has 0 spiro atoms. The van der Waals surface area contributed by atoms with Gasteiger partial charge in [-0.2, -0.15) is 4.98 Å². The van der Waals surface area contributed by atoms with Crippen LogP contribution in [0.5, 0.6) is 11.6 Å². The molecule has 0 fully saturated rings. The van der Waals surface area contributed by atoms with Crippen LogP contribution >= 0.6 is 0 Å². The number of benzene rings is 1. The molecule has 2 aromatic rings. The number of hydrogen-bond donors (Lipinski definition) is 2. The lowest BCUT2D eigenvalue weighted by Crippen LogP contribution is -2.09. The van der Waals surface area contributed by atoms with Crippen molar-refractivity contribution in [2.75, 3.05) is 17.6 Å². The van der Waals surface area contributed by atoms with Crippen LogP contribution in [0.3, 0.4) is 0 Å². The summed E-state index contributed by atoms with van der Waals surface area (Å²) in [4.78, 5) is 8.30. The first-order valence-electron chi connectivity index (χ1n) is 7.71. The van der Waals surface area contributed by atoms with Crippen LogP contribution in [0.1, 0.15) is 32.8 Å². The predicted molar refractivity (Wildman–Crippen MR) is 90.3 cm³/mol. The summed E-state index contributed by atoms with van der Waals surface area (Å²) in [7, 11) is 0. The van der Waals surface area contributed by atoms with E-state index < -0.39 is 0 Å². The fraction of sp³-hybridized carbons (Fsp3) is 0.412. The molecule has 0 aliphatic rings. The van der Waals surface area contributed by atoms with Crippen LogP contribution in [0.15, 0.2) is 30.6 Å². The van der Waals surface area contributed by atoms with Gasteiger partial charge >= 0.3 is 0 Å². The molecule has 0 bridgehead atoms. The highest BCUT2D eigenvalue weighted by molar-refractivity contribution is 5.66. The molecule has 118 valence electrons. The lowest BCUT2D eigenvalue weighted by atomic mass is 10.1. The smallest absolute Gasteiger partial charge is 0.248 e. The Morgan fingerprint density at radius 2 is 1.91 bits per heavy atom. The maximum absolute atomic E-state index is 6.09. The molecule has 1 heterocycles. The second kappa shape index (κ2) is 7.64. The third-order valence-corrected chi connectivity index (χ3v) is 3.41. The fourth-order valence-electron chi connectivity index (χ4n) is 1.99. The van der Waals surface area contributed by atoms with Gasteiger partial charge in [-0.3, -0.25) is 0 Å². The molecular formula is C17H24N4O. The highest BCUT2D eigenvalue weighted by Gasteiger charge is 2.10. The van der Waals surface area contributed by atoms with Crippen LogP contribution < -0.4 is 15.8 Å². The zero-order valence-electron chi connectivity index (χ0n) is 13.5. The van der Waals surface area contributed by atoms with Crippen LogP contribution in [0.2, 0.25) is 0 Å². The zero-order chi connectivity index (χ0) is 15.9. The molecule has 0 radical (unpaired) electrons. The number of nitrogens with two attached hydrogens (primary N) is 1. The van der Waals surface area contributed by atoms with Crippen LogP contribution in [-0.4, -0.2) is 16.5 Å². The molecule has 1 aromatic heterocycles. The number of ether oxygens (including phenoxy) is 1. The van der Waals surface area contributed by atoms with E-state index in [1.54, 1.807) is 0 Å². The van der Waals surface area contributed by atoms with Crippen molar-refractivity contribution in [1.82, 2.24) is 9.97 Å². The maximum atomic E-state index is 6.09. The molecule has 5 heteroatoms. The normalized spacial score (nSPS) is 10.7. The van der Waals surface area contributed by atoms with Crippen molar-refractivity contribution in [2.45, 2.75) is 33.6 Å². The minimum absolute atomic E-state index is 0.381. The van der Waals surface area contributed by atoms with Crippen LogP contribution in [0.25, 0.3) is 0 Å². The van der Waals surface area contributed by atoms with Crippen molar-refractivity contribution < 1.29 is 4.74 Å². The Morgan fingerprint density at radius 1 is 1.18 bits per heavy atom. The van der Waals surface area contributed by atoms with Crippen molar-refractivity contribution in [3.8, 4) is 11.6 Å². The van der Waals surface area contributed by atoms with E-state index >= 15 is 0 Å². The van der Waals surface area contributed by atoms with Crippen LogP contribution in [-0.2, 0) is 6.42 Å². The topological polar surface area (TPSA) is 73.1 Å². The van der Waals surface area contributed by atoms with E-state index in [0.717, 1.165) is 25.1 Å². The molecule has 0 aliphatic carbocycles. The van der Waals surface area contributed by atoms with Crippen molar-refractivity contribution >= 4 is 11.5 Å². The van der Waals surface area contributed by atoms with E-state index in [1.165, 1.54) is 11.9 Å². The number of nitrogens with one attached hydrogen (secondary N) is 1. The van der Waals surface area contributed by atoms with Gasteiger partial charge in [0.1, 0.15) is 17.8 Å². The molecule has 3 N–H and O–H groups in total. The fourth-order valence-corrected chi connectivity index (χ4v) is 1.99. The van der Waals surface area contributed by atoms with Gasteiger partial charge in [0.05, 0.1) is 0 Å². The van der Waals surface area contributed by atoms with E-state index in [-0.39, 0.29) is 0 Å². The van der Waals surface area contributed by atoms with Crippen molar-refractivity contribution in [1.29, 1.82) is 0 Å². The number of rotatable bonds is 7. The summed E-state index contributed by atoms with van der Waals surface area (Å²) in [5, 5.41) is 3.23. The second-order valence-corrected chi connectivity index (χ2v) is 5.65. The SMILES string of the molecule is CCc1ccc(Oc2ncnc(NCCC(C)C)c2N)cc1. The summed E-state index contributed by atoms with van der Waals surface area (Å²) < 4.78 is 5.76. The van der Waals surface area contributed by atoms with Gasteiger partial charge in [0.15, 0.2) is 5.82 Å². The highest BCUT2D eigenvalue weighted by Crippen LogP contribution is 2.29. The highest BCUT2D eigenvalue weighted by atomic mass is 16.5. The number of hydrogen-bond acceptors (Lipinski definition) is 5. The van der Waals surface area contributed by atoms with Gasteiger partial charge < -0.3 is 15.8 Å². The largest absolute Gasteiger partial charge is 0.437 e. The monoisotopic (exact) mass is 300 g/mol. The molecule has 0 aliphatic heterocycles. The van der Waals surface area contributed by atoms with E-state index in [4.69, 9.17) is 10.5 Å². The first-order chi connectivity index (χ1) is 10.6. The minimum Gasteiger partial charge on any atom is -0.437 e. The number of nitrogens with zero attached hydrogens (tertiary/aromatic N) is 2. The summed E-state index contributed by atoms with van der Waals surface area (Å²) in [6, 6.07) is 7.92. The Kier molecular flexibility index (Phi) is 5.58. The molecule has 0 saturated heterocycles. The average molecular weight is 300 g/mol. The molecule has 0 amide bonds. The van der Waals surface area contributed by atoms with E-state index in [0.29, 0.717) is 23.3 Å². The summed E-state index contributed by atoms with van der Waals surface area (Å²) >= 11 is 0. The van der Waals surface area contributed by atoms with Gasteiger partial charge in [-0.15, -0.1) is 0 Å². The van der Waals surface area contributed by atoms with Gasteiger partial charge in [0, 0.05) is 6.54 Å². The molecule has 0 saturated carbocycles. The van der Waals surface area contributed by atoms with E-state index in [1.807, 2.05) is 24.3 Å². The molecule has 5 nitrogen and oxygen atoms in total. The summed E-state index contributed by atoms with van der Waals surface area (Å²) in [5.41, 5.74) is 7.79. The van der Waals surface area contributed by atoms with Crippen LogP contribution in [0, 0.1) is 5.92 Å². The predicted octanol–water partition coefficient (Wildman–Crippen LogP) is 3.87. The summed E-state index contributed by atoms with van der Waals surface area (Å²) in [6.45, 7) is 7.30. The lowest BCUT2D eigenvalue weighted by Gasteiger charge is -2.12. The molecule has 1 aromatic carbocycles. The van der Waals surface area contributed by atoms with Gasteiger partial charge in [-0.1, -0.05) is 32.9 Å². The number of aryl methyl sites for hydroxylation is 1. The minimum atomic E-state index is 0.381. The molecule has 0 unspecified atom stereocenters. The number of anilines is 2. The van der Waals surface area contributed by atoms with Gasteiger partial charge in [-0.05, 0) is 36.5 Å². The Bertz CT molecular complexity index is 596. The first-order valence-corrected chi connectivity index (χ1v) is 7.71. The standard InChI is InChI=1S/C17H24N4O/c1-4-13-5-7-14(8-6-13)22-17-15(18)16(20-11-21-17)19-10-9-12(2)3/h5-8,11-12H,4,9-10,18H2,1-3H3,(H,19,20,21). The summed E-state index contributed by atoms with van der Waals surface area (Å²) in [5.74, 6) is 2.35. The maximum Gasteiger partial charge on any atom is 0.248 e. The second-order valence-electron chi connectivity index (χ2n) is 5.65. The Balaban J connectivity index is 2.07. The zero-order valence-corrected chi connectivity index (χ0v) is 13.5. The van der Waals surface area contributed by atoms with Gasteiger partial charge in [0.2, 0.25) is 5.88 Å². The average Bonchev–Trinajstić information content (AvgIpc) is 2.51. The summed E-state index contributed by atoms with van der Waals surface area (Å²) in [6.07, 6.45) is 3.52. The third-order valence-electron chi connectivity index (χ3n) is 3.41. The Morgan fingerprint density at radius 3 is 2.55 bits per heavy atom. The number of nitrogen functional groups attached to an aromatic ring is 1. The quantitative estimate of drug-likeness (QED) is 0.812. The lowest BCUT2D eigenvalue weighted by molar-refractivity contribution is 0.464. The van der Waals surface area contributed by atoms with Crippen molar-refractivity contribution in [2.24, 2.45) is 5.92 Å². The Labute approximate surface area is 131 Å². The number of aromatic nitrogens is 2. The molecule has 0 atom stereocenters. The molecule has 22 heavy (non-hydrogen) atoms. The van der Waals surface area contributed by atoms with Crippen molar-refractivity contribution in [3.05, 3.63) is 36.2 Å². The Hall–Kier alpha value is -2.30. The van der Waals surface area contributed by atoms with Crippen LogP contribution in [0.4, 0.5) is 11.5 Å². The molecule has 2 rings (SSSR count). The van der Waals surface area contributed by atoms with Crippen molar-refractivity contribution in [3.63, 3.8) is 0 Å². The molecular weight excluding hydrogens is 276 g/mol.